The number of ketones is 2. The molecule has 1 spiro atoms. The number of hydrogen-bond acceptors (Lipinski definition) is 4. The topological polar surface area (TPSA) is 74.6 Å². The van der Waals surface area contributed by atoms with Gasteiger partial charge in [-0.25, -0.2) is 0 Å². The molecule has 24 heavy (non-hydrogen) atoms. The highest BCUT2D eigenvalue weighted by atomic mass is 16.3. The number of fused-ring (bicyclic) bond motifs is 3. The van der Waals surface area contributed by atoms with Gasteiger partial charge in [-0.3, -0.25) is 9.59 Å². The summed E-state index contributed by atoms with van der Waals surface area (Å²) in [6.45, 7) is 10.1. The monoisotopic (exact) mass is 332 g/mol. The fourth-order valence-electron chi connectivity index (χ4n) is 7.14. The van der Waals surface area contributed by atoms with Gasteiger partial charge in [0.05, 0.1) is 17.6 Å². The van der Waals surface area contributed by atoms with Crippen LogP contribution >= 0.6 is 0 Å². The Balaban J connectivity index is 1.88. The molecular formula is C20H28O4. The van der Waals surface area contributed by atoms with Crippen LogP contribution in [0.2, 0.25) is 0 Å². The molecule has 2 bridgehead atoms. The first-order valence-corrected chi connectivity index (χ1v) is 9.22. The standard InChI is InChI=1S/C20H28O4/c1-10-11-5-6-12-19(4)8-7-14(21)18(2,3)13(19)9-15(22)20(12,16(10)23)17(11)24/h11-13,15,17,22,24H,1,5-9H2,2-4H3/t11-,12-,13+,15+,17?,19-,20-/m0/s1. The number of aliphatic hydroxyl groups excluding tert-OH is 2. The highest BCUT2D eigenvalue weighted by Gasteiger charge is 2.74. The Hall–Kier alpha value is -1.00. The zero-order valence-corrected chi connectivity index (χ0v) is 14.8. The van der Waals surface area contributed by atoms with Gasteiger partial charge < -0.3 is 10.2 Å². The molecule has 0 heterocycles. The van der Waals surface area contributed by atoms with Crippen molar-refractivity contribution in [2.45, 2.75) is 65.1 Å². The van der Waals surface area contributed by atoms with E-state index in [4.69, 9.17) is 0 Å². The Morgan fingerprint density at radius 3 is 2.42 bits per heavy atom. The van der Waals surface area contributed by atoms with Crippen LogP contribution in [0, 0.1) is 34.0 Å². The van der Waals surface area contributed by atoms with Gasteiger partial charge in [0, 0.05) is 17.8 Å². The predicted octanol–water partition coefficient (Wildman–Crippen LogP) is 2.28. The van der Waals surface area contributed by atoms with Crippen LogP contribution in [0.3, 0.4) is 0 Å². The van der Waals surface area contributed by atoms with Crippen molar-refractivity contribution in [2.75, 3.05) is 0 Å². The highest BCUT2D eigenvalue weighted by Crippen LogP contribution is 2.70. The van der Waals surface area contributed by atoms with E-state index in [1.807, 2.05) is 13.8 Å². The molecule has 132 valence electrons. The average molecular weight is 332 g/mol. The minimum Gasteiger partial charge on any atom is -0.392 e. The Morgan fingerprint density at radius 1 is 1.08 bits per heavy atom. The Kier molecular flexibility index (Phi) is 3.15. The number of carbonyl (C=O) groups is 2. The number of carbonyl (C=O) groups excluding carboxylic acids is 2. The van der Waals surface area contributed by atoms with Crippen LogP contribution in [0.5, 0.6) is 0 Å². The summed E-state index contributed by atoms with van der Waals surface area (Å²) in [4.78, 5) is 25.6. The molecule has 2 N–H and O–H groups in total. The zero-order valence-electron chi connectivity index (χ0n) is 14.8. The maximum Gasteiger partial charge on any atom is 0.170 e. The molecule has 7 atom stereocenters. The second-order valence-electron chi connectivity index (χ2n) is 9.42. The van der Waals surface area contributed by atoms with Crippen LogP contribution in [0.25, 0.3) is 0 Å². The van der Waals surface area contributed by atoms with Crippen molar-refractivity contribution >= 4 is 11.6 Å². The third-order valence-electron chi connectivity index (χ3n) is 8.43. The molecule has 4 nitrogen and oxygen atoms in total. The van der Waals surface area contributed by atoms with Crippen molar-refractivity contribution < 1.29 is 19.8 Å². The molecule has 0 aliphatic heterocycles. The van der Waals surface area contributed by atoms with Gasteiger partial charge in [-0.15, -0.1) is 0 Å². The summed E-state index contributed by atoms with van der Waals surface area (Å²) >= 11 is 0. The van der Waals surface area contributed by atoms with Crippen LogP contribution < -0.4 is 0 Å². The van der Waals surface area contributed by atoms with Crippen molar-refractivity contribution in [1.82, 2.24) is 0 Å². The Labute approximate surface area is 143 Å². The van der Waals surface area contributed by atoms with Crippen molar-refractivity contribution in [3.05, 3.63) is 12.2 Å². The van der Waals surface area contributed by atoms with Crippen LogP contribution in [0.4, 0.5) is 0 Å². The third kappa shape index (κ3) is 1.53. The van der Waals surface area contributed by atoms with Gasteiger partial charge in [0.1, 0.15) is 5.78 Å². The molecule has 4 fully saturated rings. The summed E-state index contributed by atoms with van der Waals surface area (Å²) in [5, 5.41) is 22.1. The van der Waals surface area contributed by atoms with Crippen LogP contribution in [-0.2, 0) is 9.59 Å². The molecule has 0 aromatic heterocycles. The minimum atomic E-state index is -1.10. The normalized spacial score (nSPS) is 52.9. The van der Waals surface area contributed by atoms with Gasteiger partial charge in [0.25, 0.3) is 0 Å². The summed E-state index contributed by atoms with van der Waals surface area (Å²) in [5.74, 6) is -0.109. The molecule has 4 rings (SSSR count). The summed E-state index contributed by atoms with van der Waals surface area (Å²) in [7, 11) is 0. The molecule has 0 radical (unpaired) electrons. The second kappa shape index (κ2) is 4.59. The lowest BCUT2D eigenvalue weighted by atomic mass is 9.39. The van der Waals surface area contributed by atoms with Crippen molar-refractivity contribution in [3.8, 4) is 0 Å². The van der Waals surface area contributed by atoms with Crippen molar-refractivity contribution in [2.24, 2.45) is 34.0 Å². The summed E-state index contributed by atoms with van der Waals surface area (Å²) in [6.07, 6.45) is 1.53. The Bertz CT molecular complexity index is 650. The van der Waals surface area contributed by atoms with E-state index in [9.17, 15) is 19.8 Å². The van der Waals surface area contributed by atoms with Crippen molar-refractivity contribution in [1.29, 1.82) is 0 Å². The van der Waals surface area contributed by atoms with Crippen LogP contribution in [0.15, 0.2) is 12.2 Å². The van der Waals surface area contributed by atoms with E-state index in [0.29, 0.717) is 18.4 Å². The lowest BCUT2D eigenvalue weighted by molar-refractivity contribution is -0.222. The molecule has 0 aromatic rings. The Morgan fingerprint density at radius 2 is 1.75 bits per heavy atom. The average Bonchev–Trinajstić information content (AvgIpc) is 2.64. The van der Waals surface area contributed by atoms with E-state index < -0.39 is 23.0 Å². The van der Waals surface area contributed by atoms with Gasteiger partial charge >= 0.3 is 0 Å². The van der Waals surface area contributed by atoms with Gasteiger partial charge in [0.2, 0.25) is 0 Å². The smallest absolute Gasteiger partial charge is 0.170 e. The first kappa shape index (κ1) is 16.5. The first-order chi connectivity index (χ1) is 11.1. The maximum atomic E-state index is 13.1. The van der Waals surface area contributed by atoms with E-state index in [1.165, 1.54) is 0 Å². The van der Waals surface area contributed by atoms with Crippen LogP contribution in [0.1, 0.15) is 52.9 Å². The molecule has 0 aromatic carbocycles. The second-order valence-corrected chi connectivity index (χ2v) is 9.42. The summed E-state index contributed by atoms with van der Waals surface area (Å²) in [6, 6.07) is 0. The molecule has 4 heteroatoms. The maximum absolute atomic E-state index is 13.1. The summed E-state index contributed by atoms with van der Waals surface area (Å²) in [5.41, 5.74) is -1.29. The number of rotatable bonds is 0. The molecule has 0 saturated heterocycles. The number of hydrogen-bond donors (Lipinski definition) is 2. The number of aliphatic hydroxyl groups is 2. The van der Waals surface area contributed by atoms with E-state index in [0.717, 1.165) is 19.3 Å². The lowest BCUT2D eigenvalue weighted by Crippen LogP contribution is -2.67. The quantitative estimate of drug-likeness (QED) is 0.667. The van der Waals surface area contributed by atoms with Gasteiger partial charge in [-0.1, -0.05) is 27.4 Å². The fourth-order valence-corrected chi connectivity index (χ4v) is 7.14. The third-order valence-corrected chi connectivity index (χ3v) is 8.43. The molecule has 4 saturated carbocycles. The van der Waals surface area contributed by atoms with Gasteiger partial charge in [-0.05, 0) is 48.5 Å². The van der Waals surface area contributed by atoms with E-state index in [1.54, 1.807) is 0 Å². The van der Waals surface area contributed by atoms with Crippen molar-refractivity contribution in [3.63, 3.8) is 0 Å². The van der Waals surface area contributed by atoms with Crippen LogP contribution in [-0.4, -0.2) is 34.0 Å². The molecule has 0 amide bonds. The number of Topliss-reactive ketones (excluding diaryl/α,β-unsaturated/α-hetero) is 2. The van der Waals surface area contributed by atoms with Gasteiger partial charge in [-0.2, -0.15) is 0 Å². The lowest BCUT2D eigenvalue weighted by Gasteiger charge is -2.64. The molecule has 1 unspecified atom stereocenters. The largest absolute Gasteiger partial charge is 0.392 e. The van der Waals surface area contributed by atoms with Gasteiger partial charge in [0.15, 0.2) is 5.78 Å². The first-order valence-electron chi connectivity index (χ1n) is 9.22. The molecule has 4 aliphatic rings. The predicted molar refractivity (Wildman–Crippen MR) is 89.0 cm³/mol. The molecular weight excluding hydrogens is 304 g/mol. The highest BCUT2D eigenvalue weighted by molar-refractivity contribution is 6.04. The summed E-state index contributed by atoms with van der Waals surface area (Å²) < 4.78 is 0. The van der Waals surface area contributed by atoms with E-state index >= 15 is 0 Å². The van der Waals surface area contributed by atoms with E-state index in [-0.39, 0.29) is 34.7 Å². The SMILES string of the molecule is C=C1C(=O)[C@]23C(O)[C@H]1CC[C@H]2[C@]1(C)CCC(=O)C(C)(C)[C@H]1C[C@H]3O. The zero-order chi connectivity index (χ0) is 17.7. The molecule has 4 aliphatic carbocycles. The fraction of sp³-hybridized carbons (Fsp3) is 0.800. The minimum absolute atomic E-state index is 0.0438. The van der Waals surface area contributed by atoms with E-state index in [2.05, 4.69) is 13.5 Å².